The van der Waals surface area contributed by atoms with Crippen molar-refractivity contribution in [1.29, 1.82) is 0 Å². The van der Waals surface area contributed by atoms with Crippen molar-refractivity contribution in [2.24, 2.45) is 0 Å². The zero-order valence-electron chi connectivity index (χ0n) is 18.1. The highest BCUT2D eigenvalue weighted by Crippen LogP contribution is 2.31. The van der Waals surface area contributed by atoms with E-state index in [4.69, 9.17) is 16.3 Å². The van der Waals surface area contributed by atoms with Crippen molar-refractivity contribution in [3.63, 3.8) is 0 Å². The summed E-state index contributed by atoms with van der Waals surface area (Å²) in [6, 6.07) is 15.1. The SMILES string of the molecule is COc1ccc(C(=O)C(Cc2ccc3nnsc3c2)=C(C(=O)O)c2ccc3nsnc3c2)cc1Cl. The molecule has 35 heavy (non-hydrogen) atoms. The van der Waals surface area contributed by atoms with Gasteiger partial charge in [0.2, 0.25) is 0 Å². The van der Waals surface area contributed by atoms with Gasteiger partial charge in [-0.05, 0) is 65.1 Å². The van der Waals surface area contributed by atoms with Crippen molar-refractivity contribution in [2.75, 3.05) is 7.11 Å². The Labute approximate surface area is 211 Å². The molecule has 0 bridgehead atoms. The fraction of sp³-hybridized carbons (Fsp3) is 0.0833. The van der Waals surface area contributed by atoms with E-state index in [0.29, 0.717) is 22.3 Å². The Morgan fingerprint density at radius 2 is 1.74 bits per heavy atom. The molecule has 5 rings (SSSR count). The predicted molar refractivity (Wildman–Crippen MR) is 135 cm³/mol. The van der Waals surface area contributed by atoms with Gasteiger partial charge in [0.05, 0.1) is 34.1 Å². The van der Waals surface area contributed by atoms with E-state index in [1.165, 1.54) is 24.7 Å². The van der Waals surface area contributed by atoms with Gasteiger partial charge in [-0.15, -0.1) is 5.10 Å². The first-order valence-electron chi connectivity index (χ1n) is 10.2. The van der Waals surface area contributed by atoms with Gasteiger partial charge in [0.1, 0.15) is 22.3 Å². The molecular weight excluding hydrogens is 508 g/mol. The first kappa shape index (κ1) is 23.0. The molecule has 0 atom stereocenters. The van der Waals surface area contributed by atoms with Crippen molar-refractivity contribution >= 4 is 73.4 Å². The normalized spacial score (nSPS) is 12.1. The van der Waals surface area contributed by atoms with Gasteiger partial charge in [0.25, 0.3) is 0 Å². The van der Waals surface area contributed by atoms with Gasteiger partial charge >= 0.3 is 5.97 Å². The Bertz CT molecular complexity index is 1640. The average Bonchev–Trinajstić information content (AvgIpc) is 3.51. The van der Waals surface area contributed by atoms with Gasteiger partial charge in [-0.25, -0.2) is 4.79 Å². The van der Waals surface area contributed by atoms with Gasteiger partial charge in [-0.3, -0.25) is 4.79 Å². The van der Waals surface area contributed by atoms with Gasteiger partial charge < -0.3 is 9.84 Å². The second-order valence-electron chi connectivity index (χ2n) is 7.56. The second-order valence-corrected chi connectivity index (χ2v) is 9.28. The number of fused-ring (bicyclic) bond motifs is 2. The number of ketones is 1. The van der Waals surface area contributed by atoms with E-state index >= 15 is 0 Å². The maximum atomic E-state index is 13.8. The third kappa shape index (κ3) is 4.51. The summed E-state index contributed by atoms with van der Waals surface area (Å²) >= 11 is 8.53. The van der Waals surface area contributed by atoms with Crippen LogP contribution in [0.4, 0.5) is 0 Å². The molecule has 0 aliphatic carbocycles. The number of nitrogens with zero attached hydrogens (tertiary/aromatic N) is 4. The van der Waals surface area contributed by atoms with E-state index < -0.39 is 11.8 Å². The van der Waals surface area contributed by atoms with Crippen molar-refractivity contribution in [1.82, 2.24) is 18.3 Å². The van der Waals surface area contributed by atoms with Crippen molar-refractivity contribution in [3.05, 3.63) is 81.9 Å². The number of carbonyl (C=O) groups excluding carboxylic acids is 1. The first-order valence-corrected chi connectivity index (χ1v) is 12.1. The molecule has 0 saturated heterocycles. The fourth-order valence-electron chi connectivity index (χ4n) is 3.77. The van der Waals surface area contributed by atoms with E-state index in [-0.39, 0.29) is 28.2 Å². The van der Waals surface area contributed by atoms with Crippen LogP contribution in [0, 0.1) is 0 Å². The standard InChI is InChI=1S/C24H15ClN4O4S2/c1-33-20-7-4-14(10-16(20)25)23(30)15(8-12-2-5-18-21(9-12)34-29-26-18)22(24(31)32)13-3-6-17-19(11-13)28-35-27-17/h2-7,9-11H,8H2,1H3,(H,31,32). The number of carboxylic acid groups (broad SMARTS) is 1. The molecule has 3 aromatic carbocycles. The van der Waals surface area contributed by atoms with Crippen molar-refractivity contribution < 1.29 is 19.4 Å². The van der Waals surface area contributed by atoms with E-state index in [2.05, 4.69) is 18.3 Å². The summed E-state index contributed by atoms with van der Waals surface area (Å²) in [6.07, 6.45) is 0.0747. The van der Waals surface area contributed by atoms with E-state index in [9.17, 15) is 14.7 Å². The third-order valence-corrected chi connectivity index (χ3v) is 6.98. The monoisotopic (exact) mass is 522 g/mol. The minimum absolute atomic E-state index is 0.0747. The fourth-order valence-corrected chi connectivity index (χ4v) is 5.16. The van der Waals surface area contributed by atoms with Crippen LogP contribution in [0.1, 0.15) is 21.5 Å². The summed E-state index contributed by atoms with van der Waals surface area (Å²) in [6.45, 7) is 0. The van der Waals surface area contributed by atoms with Gasteiger partial charge in [-0.2, -0.15) is 8.75 Å². The smallest absolute Gasteiger partial charge is 0.336 e. The molecule has 5 aromatic rings. The number of benzene rings is 3. The topological polar surface area (TPSA) is 115 Å². The Balaban J connectivity index is 1.69. The summed E-state index contributed by atoms with van der Waals surface area (Å²) in [7, 11) is 1.48. The first-order chi connectivity index (χ1) is 16.9. The van der Waals surface area contributed by atoms with Gasteiger partial charge in [0, 0.05) is 17.6 Å². The van der Waals surface area contributed by atoms with Crippen LogP contribution in [-0.2, 0) is 11.2 Å². The number of ether oxygens (including phenoxy) is 1. The number of methoxy groups -OCH3 is 1. The maximum absolute atomic E-state index is 13.8. The number of Topliss-reactive ketones (excluding diaryl/α,β-unsaturated/α-hetero) is 1. The number of carbonyl (C=O) groups is 2. The molecule has 0 aliphatic heterocycles. The molecule has 0 aliphatic rings. The van der Waals surface area contributed by atoms with E-state index in [1.807, 2.05) is 12.1 Å². The van der Waals surface area contributed by atoms with Crippen LogP contribution in [0.25, 0.3) is 26.8 Å². The minimum atomic E-state index is -1.23. The number of allylic oxidation sites excluding steroid dienone is 1. The lowest BCUT2D eigenvalue weighted by molar-refractivity contribution is -0.130. The lowest BCUT2D eigenvalue weighted by atomic mass is 9.89. The van der Waals surface area contributed by atoms with Crippen LogP contribution in [-0.4, -0.2) is 42.3 Å². The molecule has 1 N–H and O–H groups in total. The van der Waals surface area contributed by atoms with Crippen molar-refractivity contribution in [3.8, 4) is 5.75 Å². The highest BCUT2D eigenvalue weighted by molar-refractivity contribution is 7.12. The molecule has 174 valence electrons. The van der Waals surface area contributed by atoms with Crippen LogP contribution in [0.5, 0.6) is 5.75 Å². The summed E-state index contributed by atoms with van der Waals surface area (Å²) in [5, 5.41) is 14.6. The highest BCUT2D eigenvalue weighted by atomic mass is 35.5. The highest BCUT2D eigenvalue weighted by Gasteiger charge is 2.25. The predicted octanol–water partition coefficient (Wildman–Crippen LogP) is 5.32. The molecule has 0 fully saturated rings. The Morgan fingerprint density at radius 3 is 2.51 bits per heavy atom. The number of halogens is 1. The lowest BCUT2D eigenvalue weighted by Crippen LogP contribution is -2.14. The molecule has 2 heterocycles. The Kier molecular flexibility index (Phi) is 6.25. The lowest BCUT2D eigenvalue weighted by Gasteiger charge is -2.14. The molecule has 0 spiro atoms. The van der Waals surface area contributed by atoms with Crippen LogP contribution in [0.3, 0.4) is 0 Å². The molecule has 0 amide bonds. The summed E-state index contributed by atoms with van der Waals surface area (Å²) in [5.41, 5.74) is 3.31. The summed E-state index contributed by atoms with van der Waals surface area (Å²) in [4.78, 5) is 26.4. The Hall–Kier alpha value is -3.73. The number of carboxylic acids is 1. The number of hydrogen-bond acceptors (Lipinski definition) is 9. The summed E-state index contributed by atoms with van der Waals surface area (Å²) < 4.78 is 18.4. The summed E-state index contributed by atoms with van der Waals surface area (Å²) in [5.74, 6) is -1.26. The molecule has 0 radical (unpaired) electrons. The van der Waals surface area contributed by atoms with Crippen LogP contribution >= 0.6 is 34.9 Å². The molecule has 0 saturated carbocycles. The number of hydrogen-bond donors (Lipinski definition) is 1. The Morgan fingerprint density at radius 1 is 0.971 bits per heavy atom. The van der Waals surface area contributed by atoms with Crippen LogP contribution in [0.15, 0.2) is 60.2 Å². The largest absolute Gasteiger partial charge is 0.495 e. The molecule has 2 aromatic heterocycles. The molecular formula is C24H15ClN4O4S2. The van der Waals surface area contributed by atoms with Gasteiger partial charge in [0.15, 0.2) is 5.78 Å². The number of rotatable bonds is 7. The van der Waals surface area contributed by atoms with Crippen molar-refractivity contribution in [2.45, 2.75) is 6.42 Å². The molecule has 0 unspecified atom stereocenters. The average molecular weight is 523 g/mol. The van der Waals surface area contributed by atoms with E-state index in [0.717, 1.165) is 27.5 Å². The quantitative estimate of drug-likeness (QED) is 0.225. The zero-order valence-corrected chi connectivity index (χ0v) is 20.4. The van der Waals surface area contributed by atoms with Crippen LogP contribution < -0.4 is 4.74 Å². The minimum Gasteiger partial charge on any atom is -0.495 e. The maximum Gasteiger partial charge on any atom is 0.336 e. The third-order valence-electron chi connectivity index (χ3n) is 5.44. The molecule has 8 nitrogen and oxygen atoms in total. The molecule has 11 heteroatoms. The van der Waals surface area contributed by atoms with Crippen LogP contribution in [0.2, 0.25) is 5.02 Å². The number of aromatic nitrogens is 4. The second kappa shape index (κ2) is 9.49. The number of aliphatic carboxylic acids is 1. The van der Waals surface area contributed by atoms with Gasteiger partial charge in [-0.1, -0.05) is 28.2 Å². The zero-order chi connectivity index (χ0) is 24.5. The van der Waals surface area contributed by atoms with E-state index in [1.54, 1.807) is 36.4 Å².